The highest BCUT2D eigenvalue weighted by molar-refractivity contribution is 5.85. The number of rotatable bonds is 7. The number of halogens is 1. The Kier molecular flexibility index (Phi) is 8.42. The number of ether oxygens (including phenoxy) is 3. The van der Waals surface area contributed by atoms with Crippen LogP contribution in [0, 0.1) is 0 Å². The molecule has 1 aromatic rings. The van der Waals surface area contributed by atoms with E-state index in [2.05, 4.69) is 11.8 Å². The number of benzene rings is 1. The minimum atomic E-state index is 0. The van der Waals surface area contributed by atoms with Crippen LogP contribution in [0.3, 0.4) is 0 Å². The molecule has 0 spiro atoms. The zero-order valence-corrected chi connectivity index (χ0v) is 12.9. The van der Waals surface area contributed by atoms with Crippen LogP contribution >= 0.6 is 12.4 Å². The van der Waals surface area contributed by atoms with Crippen molar-refractivity contribution >= 4 is 12.4 Å². The molecule has 0 amide bonds. The summed E-state index contributed by atoms with van der Waals surface area (Å²) in [6.45, 7) is 8.10. The molecule has 4 nitrogen and oxygen atoms in total. The lowest BCUT2D eigenvalue weighted by molar-refractivity contribution is 0.0320. The molecule has 5 heteroatoms. The van der Waals surface area contributed by atoms with E-state index in [1.807, 2.05) is 24.3 Å². The number of para-hydroxylation sites is 2. The molecule has 0 aromatic heterocycles. The van der Waals surface area contributed by atoms with Gasteiger partial charge in [-0.05, 0) is 18.6 Å². The predicted molar refractivity (Wildman–Crippen MR) is 82.2 cm³/mol. The van der Waals surface area contributed by atoms with E-state index in [0.29, 0.717) is 6.61 Å². The Labute approximate surface area is 127 Å². The van der Waals surface area contributed by atoms with E-state index in [1.165, 1.54) is 0 Å². The lowest BCUT2D eigenvalue weighted by Crippen LogP contribution is -2.38. The van der Waals surface area contributed by atoms with Crippen LogP contribution in [-0.4, -0.2) is 51.0 Å². The Bertz CT molecular complexity index is 370. The van der Waals surface area contributed by atoms with Gasteiger partial charge in [0, 0.05) is 19.6 Å². The maximum absolute atomic E-state index is 5.83. The second kappa shape index (κ2) is 9.86. The molecule has 0 N–H and O–H groups in total. The molecule has 0 aliphatic carbocycles. The SMILES string of the molecule is CCCOc1ccccc1OCCN1CCOCC1.Cl. The topological polar surface area (TPSA) is 30.9 Å². The van der Waals surface area contributed by atoms with E-state index < -0.39 is 0 Å². The van der Waals surface area contributed by atoms with Crippen molar-refractivity contribution in [3.63, 3.8) is 0 Å². The number of morpholine rings is 1. The summed E-state index contributed by atoms with van der Waals surface area (Å²) in [4.78, 5) is 2.36. The third kappa shape index (κ3) is 5.57. The highest BCUT2D eigenvalue weighted by Gasteiger charge is 2.10. The number of nitrogens with zero attached hydrogens (tertiary/aromatic N) is 1. The third-order valence-corrected chi connectivity index (χ3v) is 3.08. The van der Waals surface area contributed by atoms with Crippen LogP contribution < -0.4 is 9.47 Å². The van der Waals surface area contributed by atoms with Crippen molar-refractivity contribution in [1.29, 1.82) is 0 Å². The molecule has 1 aliphatic heterocycles. The second-order valence-electron chi connectivity index (χ2n) is 4.60. The summed E-state index contributed by atoms with van der Waals surface area (Å²) >= 11 is 0. The normalized spacial score (nSPS) is 15.4. The van der Waals surface area contributed by atoms with Gasteiger partial charge in [0.05, 0.1) is 19.8 Å². The van der Waals surface area contributed by atoms with E-state index >= 15 is 0 Å². The van der Waals surface area contributed by atoms with Crippen LogP contribution in [0.5, 0.6) is 11.5 Å². The Morgan fingerprint density at radius 2 is 1.65 bits per heavy atom. The maximum atomic E-state index is 5.83. The van der Waals surface area contributed by atoms with Crippen molar-refractivity contribution < 1.29 is 14.2 Å². The fraction of sp³-hybridized carbons (Fsp3) is 0.600. The van der Waals surface area contributed by atoms with Crippen molar-refractivity contribution in [2.75, 3.05) is 46.1 Å². The highest BCUT2D eigenvalue weighted by atomic mass is 35.5. The smallest absolute Gasteiger partial charge is 0.161 e. The van der Waals surface area contributed by atoms with Crippen molar-refractivity contribution in [1.82, 2.24) is 4.90 Å². The monoisotopic (exact) mass is 301 g/mol. The van der Waals surface area contributed by atoms with Gasteiger partial charge in [0.2, 0.25) is 0 Å². The first kappa shape index (κ1) is 17.1. The van der Waals surface area contributed by atoms with Crippen LogP contribution in [0.25, 0.3) is 0 Å². The Balaban J connectivity index is 0.00000200. The summed E-state index contributed by atoms with van der Waals surface area (Å²) in [6.07, 6.45) is 1.00. The summed E-state index contributed by atoms with van der Waals surface area (Å²) in [7, 11) is 0. The first-order valence-corrected chi connectivity index (χ1v) is 7.05. The first-order chi connectivity index (χ1) is 9.40. The molecule has 2 rings (SSSR count). The van der Waals surface area contributed by atoms with Gasteiger partial charge in [0.25, 0.3) is 0 Å². The van der Waals surface area contributed by atoms with Crippen LogP contribution in [-0.2, 0) is 4.74 Å². The van der Waals surface area contributed by atoms with Gasteiger partial charge in [0.15, 0.2) is 11.5 Å². The van der Waals surface area contributed by atoms with Crippen molar-refractivity contribution in [3.05, 3.63) is 24.3 Å². The Hall–Kier alpha value is -0.970. The minimum absolute atomic E-state index is 0. The van der Waals surface area contributed by atoms with Gasteiger partial charge in [-0.1, -0.05) is 19.1 Å². The van der Waals surface area contributed by atoms with E-state index in [4.69, 9.17) is 14.2 Å². The molecule has 114 valence electrons. The van der Waals surface area contributed by atoms with Gasteiger partial charge in [0.1, 0.15) is 6.61 Å². The summed E-state index contributed by atoms with van der Waals surface area (Å²) in [5, 5.41) is 0. The molecule has 1 fully saturated rings. The minimum Gasteiger partial charge on any atom is -0.490 e. The van der Waals surface area contributed by atoms with E-state index in [9.17, 15) is 0 Å². The highest BCUT2D eigenvalue weighted by Crippen LogP contribution is 2.26. The standard InChI is InChI=1S/C15H23NO3.ClH/c1-2-10-18-14-5-3-4-6-15(14)19-13-9-16-7-11-17-12-8-16;/h3-6H,2,7-13H2,1H3;1H. The first-order valence-electron chi connectivity index (χ1n) is 7.05. The molecule has 0 saturated carbocycles. The molecule has 0 bridgehead atoms. The molecule has 1 saturated heterocycles. The third-order valence-electron chi connectivity index (χ3n) is 3.08. The van der Waals surface area contributed by atoms with Crippen molar-refractivity contribution in [3.8, 4) is 11.5 Å². The summed E-state index contributed by atoms with van der Waals surface area (Å²) < 4.78 is 16.8. The molecule has 0 atom stereocenters. The van der Waals surface area contributed by atoms with Gasteiger partial charge >= 0.3 is 0 Å². The number of hydrogen-bond acceptors (Lipinski definition) is 4. The molecular weight excluding hydrogens is 278 g/mol. The molecule has 1 aliphatic rings. The van der Waals surface area contributed by atoms with Crippen molar-refractivity contribution in [2.24, 2.45) is 0 Å². The molecule has 1 aromatic carbocycles. The summed E-state index contributed by atoms with van der Waals surface area (Å²) in [5.74, 6) is 1.68. The maximum Gasteiger partial charge on any atom is 0.161 e. The fourth-order valence-electron chi connectivity index (χ4n) is 2.01. The summed E-state index contributed by atoms with van der Waals surface area (Å²) in [6, 6.07) is 7.87. The zero-order chi connectivity index (χ0) is 13.3. The van der Waals surface area contributed by atoms with E-state index in [0.717, 1.165) is 57.4 Å². The predicted octanol–water partition coefficient (Wildman–Crippen LogP) is 2.61. The average molecular weight is 302 g/mol. The Morgan fingerprint density at radius 1 is 1.05 bits per heavy atom. The lowest BCUT2D eigenvalue weighted by atomic mass is 10.3. The fourth-order valence-corrected chi connectivity index (χ4v) is 2.01. The van der Waals surface area contributed by atoms with Crippen LogP contribution in [0.1, 0.15) is 13.3 Å². The van der Waals surface area contributed by atoms with Crippen LogP contribution in [0.4, 0.5) is 0 Å². The lowest BCUT2D eigenvalue weighted by Gasteiger charge is -2.26. The zero-order valence-electron chi connectivity index (χ0n) is 12.0. The molecule has 0 unspecified atom stereocenters. The summed E-state index contributed by atoms with van der Waals surface area (Å²) in [5.41, 5.74) is 0. The largest absolute Gasteiger partial charge is 0.490 e. The molecule has 0 radical (unpaired) electrons. The van der Waals surface area contributed by atoms with Gasteiger partial charge in [-0.3, -0.25) is 4.90 Å². The van der Waals surface area contributed by atoms with Crippen molar-refractivity contribution in [2.45, 2.75) is 13.3 Å². The number of hydrogen-bond donors (Lipinski definition) is 0. The molecule has 20 heavy (non-hydrogen) atoms. The molecular formula is C15H24ClNO3. The van der Waals surface area contributed by atoms with Crippen LogP contribution in [0.15, 0.2) is 24.3 Å². The van der Waals surface area contributed by atoms with E-state index in [1.54, 1.807) is 0 Å². The Morgan fingerprint density at radius 3 is 2.25 bits per heavy atom. The van der Waals surface area contributed by atoms with Crippen LogP contribution in [0.2, 0.25) is 0 Å². The quantitative estimate of drug-likeness (QED) is 0.774. The van der Waals surface area contributed by atoms with Gasteiger partial charge in [-0.15, -0.1) is 12.4 Å². The molecule has 1 heterocycles. The van der Waals surface area contributed by atoms with E-state index in [-0.39, 0.29) is 12.4 Å². The average Bonchev–Trinajstić information content (AvgIpc) is 2.47. The second-order valence-corrected chi connectivity index (χ2v) is 4.60. The van der Waals surface area contributed by atoms with Gasteiger partial charge in [-0.25, -0.2) is 0 Å². The van der Waals surface area contributed by atoms with Gasteiger partial charge in [-0.2, -0.15) is 0 Å². The van der Waals surface area contributed by atoms with Gasteiger partial charge < -0.3 is 14.2 Å².